The number of amides is 1. The predicted octanol–water partition coefficient (Wildman–Crippen LogP) is 7.58. The maximum Gasteiger partial charge on any atom is 0.255 e. The van der Waals surface area contributed by atoms with Gasteiger partial charge in [0.1, 0.15) is 11.4 Å². The molecule has 37 heavy (non-hydrogen) atoms. The van der Waals surface area contributed by atoms with Gasteiger partial charge in [-0.3, -0.25) is 9.78 Å². The Morgan fingerprint density at radius 1 is 0.730 bits per heavy atom. The average Bonchev–Trinajstić information content (AvgIpc) is 3.11. The first-order valence-electron chi connectivity index (χ1n) is 12.0. The summed E-state index contributed by atoms with van der Waals surface area (Å²) in [7, 11) is 0. The van der Waals surface area contributed by atoms with Gasteiger partial charge in [0.25, 0.3) is 5.91 Å². The molecule has 2 heterocycles. The van der Waals surface area contributed by atoms with Crippen LogP contribution in [0.5, 0.6) is 11.5 Å². The molecule has 0 bridgehead atoms. The molecule has 0 radical (unpaired) electrons. The highest BCUT2D eigenvalue weighted by atomic mass is 16.5. The topological polar surface area (TPSA) is 63.6 Å². The van der Waals surface area contributed by atoms with Gasteiger partial charge in [0, 0.05) is 34.8 Å². The van der Waals surface area contributed by atoms with Gasteiger partial charge in [0.2, 0.25) is 0 Å². The highest BCUT2D eigenvalue weighted by molar-refractivity contribution is 6.16. The van der Waals surface area contributed by atoms with Crippen LogP contribution in [0.1, 0.15) is 27.0 Å². The Balaban J connectivity index is 1.29. The molecule has 5 heteroatoms. The zero-order valence-electron chi connectivity index (χ0n) is 20.2. The van der Waals surface area contributed by atoms with E-state index in [1.165, 1.54) is 0 Å². The fourth-order valence-corrected chi connectivity index (χ4v) is 4.36. The Morgan fingerprint density at radius 2 is 1.43 bits per heavy atom. The SMILES string of the molecule is Cc1ccc(-c2ccncc2)cc1NC(=O)c1ccc(C2=Nc3ccccc3Oc3ccccc32)cc1. The number of pyridine rings is 1. The van der Waals surface area contributed by atoms with Crippen molar-refractivity contribution < 1.29 is 9.53 Å². The van der Waals surface area contributed by atoms with E-state index in [4.69, 9.17) is 9.73 Å². The molecule has 0 aliphatic carbocycles. The van der Waals surface area contributed by atoms with Crippen molar-refractivity contribution in [3.63, 3.8) is 0 Å². The van der Waals surface area contributed by atoms with Gasteiger partial charge in [-0.15, -0.1) is 0 Å². The first-order valence-corrected chi connectivity index (χ1v) is 12.0. The van der Waals surface area contributed by atoms with Crippen molar-refractivity contribution in [2.45, 2.75) is 6.92 Å². The van der Waals surface area contributed by atoms with Gasteiger partial charge in [-0.05, 0) is 78.2 Å². The fraction of sp³-hybridized carbons (Fsp3) is 0.0312. The van der Waals surface area contributed by atoms with Crippen LogP contribution in [-0.2, 0) is 0 Å². The number of para-hydroxylation sites is 3. The van der Waals surface area contributed by atoms with Crippen molar-refractivity contribution in [1.82, 2.24) is 4.98 Å². The van der Waals surface area contributed by atoms with Gasteiger partial charge in [0.05, 0.1) is 5.71 Å². The number of ether oxygens (including phenoxy) is 1. The Morgan fingerprint density at radius 3 is 2.24 bits per heavy atom. The molecule has 0 atom stereocenters. The summed E-state index contributed by atoms with van der Waals surface area (Å²) in [6.45, 7) is 1.98. The smallest absolute Gasteiger partial charge is 0.255 e. The van der Waals surface area contributed by atoms with E-state index in [0.717, 1.165) is 50.7 Å². The van der Waals surface area contributed by atoms with Gasteiger partial charge in [0.15, 0.2) is 5.75 Å². The summed E-state index contributed by atoms with van der Waals surface area (Å²) in [5.41, 5.74) is 7.77. The van der Waals surface area contributed by atoms with Gasteiger partial charge < -0.3 is 10.1 Å². The number of rotatable bonds is 4. The van der Waals surface area contributed by atoms with E-state index in [2.05, 4.69) is 10.3 Å². The lowest BCUT2D eigenvalue weighted by Gasteiger charge is -2.12. The van der Waals surface area contributed by atoms with E-state index in [1.54, 1.807) is 12.4 Å². The maximum atomic E-state index is 13.1. The lowest BCUT2D eigenvalue weighted by Crippen LogP contribution is -2.13. The molecule has 1 amide bonds. The van der Waals surface area contributed by atoms with Crippen molar-refractivity contribution in [2.75, 3.05) is 5.32 Å². The molecular formula is C32H23N3O2. The molecule has 178 valence electrons. The number of aromatic nitrogens is 1. The summed E-state index contributed by atoms with van der Waals surface area (Å²) < 4.78 is 6.15. The minimum absolute atomic E-state index is 0.168. The third kappa shape index (κ3) is 4.50. The van der Waals surface area contributed by atoms with E-state index < -0.39 is 0 Å². The molecule has 1 N–H and O–H groups in total. The van der Waals surface area contributed by atoms with Gasteiger partial charge in [-0.2, -0.15) is 0 Å². The van der Waals surface area contributed by atoms with Gasteiger partial charge in [-0.1, -0.05) is 48.5 Å². The van der Waals surface area contributed by atoms with E-state index in [-0.39, 0.29) is 5.91 Å². The van der Waals surface area contributed by atoms with E-state index >= 15 is 0 Å². The standard InChI is InChI=1S/C32H23N3O2/c1-21-10-11-25(22-16-18-33-19-17-22)20-28(21)35-32(36)24-14-12-23(13-15-24)31-26-6-2-4-8-29(26)37-30-9-5-3-7-27(30)34-31/h2-20H,1H3,(H,35,36). The third-order valence-electron chi connectivity index (χ3n) is 6.38. The van der Waals surface area contributed by atoms with Crippen LogP contribution in [-0.4, -0.2) is 16.6 Å². The Hall–Kier alpha value is -5.03. The lowest BCUT2D eigenvalue weighted by molar-refractivity contribution is 0.102. The molecule has 1 aromatic heterocycles. The second kappa shape index (κ2) is 9.55. The number of benzene rings is 4. The number of nitrogens with one attached hydrogen (secondary N) is 1. The van der Waals surface area contributed by atoms with E-state index in [0.29, 0.717) is 11.3 Å². The second-order valence-electron chi connectivity index (χ2n) is 8.82. The number of anilines is 1. The number of hydrogen-bond donors (Lipinski definition) is 1. The summed E-state index contributed by atoms with van der Waals surface area (Å²) in [5.74, 6) is 1.29. The summed E-state index contributed by atoms with van der Waals surface area (Å²) in [4.78, 5) is 22.2. The molecule has 0 spiro atoms. The minimum atomic E-state index is -0.168. The first kappa shape index (κ1) is 22.4. The number of fused-ring (bicyclic) bond motifs is 2. The number of carbonyl (C=O) groups is 1. The summed E-state index contributed by atoms with van der Waals surface area (Å²) >= 11 is 0. The molecule has 0 saturated heterocycles. The van der Waals surface area contributed by atoms with Crippen LogP contribution in [0.3, 0.4) is 0 Å². The monoisotopic (exact) mass is 481 g/mol. The molecule has 6 rings (SSSR count). The average molecular weight is 482 g/mol. The van der Waals surface area contributed by atoms with Gasteiger partial charge in [-0.25, -0.2) is 4.99 Å². The summed E-state index contributed by atoms with van der Waals surface area (Å²) in [5, 5.41) is 3.07. The summed E-state index contributed by atoms with van der Waals surface area (Å²) in [6.07, 6.45) is 3.52. The number of carbonyl (C=O) groups excluding carboxylic acids is 1. The van der Waals surface area contributed by atoms with Crippen LogP contribution in [0.15, 0.2) is 121 Å². The van der Waals surface area contributed by atoms with E-state index in [1.807, 2.05) is 110 Å². The Kier molecular flexibility index (Phi) is 5.79. The summed E-state index contributed by atoms with van der Waals surface area (Å²) in [6, 6.07) is 33.1. The van der Waals surface area contributed by atoms with Crippen molar-refractivity contribution in [2.24, 2.45) is 4.99 Å². The molecule has 5 nitrogen and oxygen atoms in total. The third-order valence-corrected chi connectivity index (χ3v) is 6.38. The number of aliphatic imine (C=N–C) groups is 1. The number of nitrogens with zero attached hydrogens (tertiary/aromatic N) is 2. The van der Waals surface area contributed by atoms with Crippen molar-refractivity contribution in [3.8, 4) is 22.6 Å². The molecule has 1 aliphatic rings. The van der Waals surface area contributed by atoms with E-state index in [9.17, 15) is 4.79 Å². The minimum Gasteiger partial charge on any atom is -0.454 e. The molecule has 4 aromatic carbocycles. The van der Waals surface area contributed by atoms with Crippen molar-refractivity contribution in [1.29, 1.82) is 0 Å². The second-order valence-corrected chi connectivity index (χ2v) is 8.82. The fourth-order valence-electron chi connectivity index (χ4n) is 4.36. The molecule has 0 fully saturated rings. The molecule has 0 saturated carbocycles. The first-order chi connectivity index (χ1) is 18.2. The Bertz CT molecular complexity index is 1640. The highest BCUT2D eigenvalue weighted by Crippen LogP contribution is 2.38. The van der Waals surface area contributed by atoms with Gasteiger partial charge >= 0.3 is 0 Å². The maximum absolute atomic E-state index is 13.1. The van der Waals surface area contributed by atoms with Crippen LogP contribution in [0, 0.1) is 6.92 Å². The molecular weight excluding hydrogens is 458 g/mol. The van der Waals surface area contributed by atoms with Crippen LogP contribution in [0.25, 0.3) is 11.1 Å². The van der Waals surface area contributed by atoms with Crippen molar-refractivity contribution >= 4 is 23.0 Å². The van der Waals surface area contributed by atoms with Crippen LogP contribution >= 0.6 is 0 Å². The Labute approximate surface area is 215 Å². The zero-order chi connectivity index (χ0) is 25.2. The van der Waals surface area contributed by atoms with Crippen LogP contribution in [0.4, 0.5) is 11.4 Å². The largest absolute Gasteiger partial charge is 0.454 e. The molecule has 1 aliphatic heterocycles. The van der Waals surface area contributed by atoms with Crippen LogP contribution < -0.4 is 10.1 Å². The normalized spacial score (nSPS) is 11.9. The van der Waals surface area contributed by atoms with Crippen LogP contribution in [0.2, 0.25) is 0 Å². The molecule has 0 unspecified atom stereocenters. The quantitative estimate of drug-likeness (QED) is 0.282. The van der Waals surface area contributed by atoms with Crippen molar-refractivity contribution in [3.05, 3.63) is 138 Å². The lowest BCUT2D eigenvalue weighted by atomic mass is 9.99. The number of hydrogen-bond acceptors (Lipinski definition) is 4. The zero-order valence-corrected chi connectivity index (χ0v) is 20.2. The highest BCUT2D eigenvalue weighted by Gasteiger charge is 2.19. The molecule has 5 aromatic rings. The predicted molar refractivity (Wildman–Crippen MR) is 147 cm³/mol. The number of aryl methyl sites for hydroxylation is 1.